The maximum atomic E-state index is 10.7. The van der Waals surface area contributed by atoms with Crippen LogP contribution in [0.4, 0.5) is 0 Å². The summed E-state index contributed by atoms with van der Waals surface area (Å²) < 4.78 is 4.83. The molecule has 0 unspecified atom stereocenters. The molecule has 0 aromatic heterocycles. The number of hydrogen-bond donors (Lipinski definition) is 0. The van der Waals surface area contributed by atoms with Crippen molar-refractivity contribution in [1.29, 1.82) is 0 Å². The molecular formula is C10H16O2. The summed E-state index contributed by atoms with van der Waals surface area (Å²) in [6, 6.07) is 0. The van der Waals surface area contributed by atoms with Crippen LogP contribution >= 0.6 is 0 Å². The van der Waals surface area contributed by atoms with Crippen LogP contribution in [0.3, 0.4) is 0 Å². The van der Waals surface area contributed by atoms with Crippen LogP contribution in [0.25, 0.3) is 0 Å². The molecule has 0 saturated heterocycles. The van der Waals surface area contributed by atoms with E-state index in [1.54, 1.807) is 0 Å². The van der Waals surface area contributed by atoms with Crippen LogP contribution in [0.15, 0.2) is 18.4 Å². The van der Waals surface area contributed by atoms with Crippen LogP contribution in [0.5, 0.6) is 0 Å². The van der Waals surface area contributed by atoms with Gasteiger partial charge in [0.25, 0.3) is 0 Å². The average molecular weight is 168 g/mol. The van der Waals surface area contributed by atoms with Crippen molar-refractivity contribution in [2.24, 2.45) is 0 Å². The number of ether oxygens (including phenoxy) is 1. The third-order valence-corrected chi connectivity index (χ3v) is 1.46. The van der Waals surface area contributed by atoms with Gasteiger partial charge in [-0.3, -0.25) is 0 Å². The molecule has 0 aromatic rings. The summed E-state index contributed by atoms with van der Waals surface area (Å²) in [4.78, 5) is 10.7. The molecule has 2 nitrogen and oxygen atoms in total. The Morgan fingerprint density at radius 1 is 1.50 bits per heavy atom. The standard InChI is InChI=1S/C10H16O2/c1-3-5-6-7-9-12-10(11)8-4-2/h8H,2-3,5-7,9H2,1H3. The fourth-order valence-corrected chi connectivity index (χ4v) is 0.827. The summed E-state index contributed by atoms with van der Waals surface area (Å²) >= 11 is 0. The predicted molar refractivity (Wildman–Crippen MR) is 48.8 cm³/mol. The van der Waals surface area contributed by atoms with Gasteiger partial charge >= 0.3 is 5.97 Å². The van der Waals surface area contributed by atoms with Crippen molar-refractivity contribution in [3.8, 4) is 0 Å². The normalized spacial score (nSPS) is 8.75. The molecule has 0 amide bonds. The summed E-state index contributed by atoms with van der Waals surface area (Å²) in [6.07, 6.45) is 5.68. The first kappa shape index (κ1) is 11.0. The van der Waals surface area contributed by atoms with E-state index in [0.29, 0.717) is 6.61 Å². The number of carbonyl (C=O) groups is 1. The van der Waals surface area contributed by atoms with Gasteiger partial charge < -0.3 is 4.74 Å². The van der Waals surface area contributed by atoms with Crippen LogP contribution in [0.2, 0.25) is 0 Å². The number of unbranched alkanes of at least 4 members (excludes halogenated alkanes) is 3. The lowest BCUT2D eigenvalue weighted by Gasteiger charge is -1.99. The number of esters is 1. The highest BCUT2D eigenvalue weighted by Crippen LogP contribution is 1.98. The monoisotopic (exact) mass is 168 g/mol. The minimum absolute atomic E-state index is 0.346. The molecule has 0 aliphatic rings. The Balaban J connectivity index is 3.19. The summed E-state index contributed by atoms with van der Waals surface area (Å²) in [7, 11) is 0. The van der Waals surface area contributed by atoms with Gasteiger partial charge in [-0.25, -0.2) is 4.79 Å². The van der Waals surface area contributed by atoms with Gasteiger partial charge in [-0.15, -0.1) is 5.73 Å². The van der Waals surface area contributed by atoms with E-state index in [9.17, 15) is 4.79 Å². The maximum absolute atomic E-state index is 10.7. The SMILES string of the molecule is C=C=CC(=O)OCCCCCC. The Morgan fingerprint density at radius 2 is 2.25 bits per heavy atom. The molecule has 0 N–H and O–H groups in total. The second kappa shape index (κ2) is 8.09. The molecule has 0 heterocycles. The molecule has 0 rings (SSSR count). The van der Waals surface area contributed by atoms with Crippen molar-refractivity contribution < 1.29 is 9.53 Å². The Hall–Kier alpha value is -1.01. The number of rotatable bonds is 6. The molecule has 0 aliphatic heterocycles. The van der Waals surface area contributed by atoms with Crippen LogP contribution in [0.1, 0.15) is 32.6 Å². The fraction of sp³-hybridized carbons (Fsp3) is 0.600. The van der Waals surface area contributed by atoms with E-state index in [-0.39, 0.29) is 5.97 Å². The molecule has 0 aliphatic carbocycles. The fourth-order valence-electron chi connectivity index (χ4n) is 0.827. The first-order valence-electron chi connectivity index (χ1n) is 4.33. The van der Waals surface area contributed by atoms with Crippen molar-refractivity contribution in [2.45, 2.75) is 32.6 Å². The van der Waals surface area contributed by atoms with Gasteiger partial charge in [0.2, 0.25) is 0 Å². The third-order valence-electron chi connectivity index (χ3n) is 1.46. The van der Waals surface area contributed by atoms with Crippen LogP contribution in [-0.4, -0.2) is 12.6 Å². The highest BCUT2D eigenvalue weighted by molar-refractivity contribution is 5.81. The van der Waals surface area contributed by atoms with Gasteiger partial charge in [0.15, 0.2) is 0 Å². The summed E-state index contributed by atoms with van der Waals surface area (Å²) in [5.41, 5.74) is 2.37. The Kier molecular flexibility index (Phi) is 7.41. The summed E-state index contributed by atoms with van der Waals surface area (Å²) in [6.45, 7) is 5.93. The van der Waals surface area contributed by atoms with E-state index in [2.05, 4.69) is 19.2 Å². The summed E-state index contributed by atoms with van der Waals surface area (Å²) in [5, 5.41) is 0. The molecule has 0 fully saturated rings. The van der Waals surface area contributed by atoms with Crippen LogP contribution in [-0.2, 0) is 9.53 Å². The van der Waals surface area contributed by atoms with E-state index >= 15 is 0 Å². The van der Waals surface area contributed by atoms with Crippen molar-refractivity contribution in [1.82, 2.24) is 0 Å². The zero-order valence-corrected chi connectivity index (χ0v) is 7.64. The summed E-state index contributed by atoms with van der Waals surface area (Å²) in [5.74, 6) is -0.346. The lowest BCUT2D eigenvalue weighted by molar-refractivity contribution is -0.137. The minimum Gasteiger partial charge on any atom is -0.462 e. The number of hydrogen-bond acceptors (Lipinski definition) is 2. The second-order valence-corrected chi connectivity index (χ2v) is 2.58. The molecule has 68 valence electrons. The Labute approximate surface area is 73.9 Å². The van der Waals surface area contributed by atoms with Gasteiger partial charge in [0.1, 0.15) is 0 Å². The Bertz CT molecular complexity index is 167. The van der Waals surface area contributed by atoms with Crippen LogP contribution in [0, 0.1) is 0 Å². The predicted octanol–water partition coefficient (Wildman–Crippen LogP) is 2.45. The van der Waals surface area contributed by atoms with Gasteiger partial charge in [-0.05, 0) is 6.42 Å². The number of carbonyl (C=O) groups excluding carboxylic acids is 1. The second-order valence-electron chi connectivity index (χ2n) is 2.58. The highest BCUT2D eigenvalue weighted by Gasteiger charge is 1.94. The van der Waals surface area contributed by atoms with E-state index in [4.69, 9.17) is 4.74 Å². The maximum Gasteiger partial charge on any atom is 0.338 e. The smallest absolute Gasteiger partial charge is 0.338 e. The van der Waals surface area contributed by atoms with E-state index in [0.717, 1.165) is 12.8 Å². The molecule has 0 saturated carbocycles. The molecule has 0 radical (unpaired) electrons. The first-order valence-corrected chi connectivity index (χ1v) is 4.33. The third kappa shape index (κ3) is 7.10. The van der Waals surface area contributed by atoms with Crippen molar-refractivity contribution in [3.63, 3.8) is 0 Å². The average Bonchev–Trinajstić information content (AvgIpc) is 2.05. The lowest BCUT2D eigenvalue weighted by Crippen LogP contribution is -2.01. The first-order chi connectivity index (χ1) is 5.81. The van der Waals surface area contributed by atoms with E-state index in [1.807, 2.05) is 0 Å². The minimum atomic E-state index is -0.346. The molecule has 0 bridgehead atoms. The largest absolute Gasteiger partial charge is 0.462 e. The molecule has 12 heavy (non-hydrogen) atoms. The topological polar surface area (TPSA) is 26.3 Å². The van der Waals surface area contributed by atoms with E-state index < -0.39 is 0 Å². The highest BCUT2D eigenvalue weighted by atomic mass is 16.5. The van der Waals surface area contributed by atoms with Crippen molar-refractivity contribution >= 4 is 5.97 Å². The van der Waals surface area contributed by atoms with Gasteiger partial charge in [-0.1, -0.05) is 32.8 Å². The van der Waals surface area contributed by atoms with Gasteiger partial charge in [-0.2, -0.15) is 0 Å². The molecule has 0 atom stereocenters. The Morgan fingerprint density at radius 3 is 2.83 bits per heavy atom. The van der Waals surface area contributed by atoms with E-state index in [1.165, 1.54) is 18.9 Å². The molecular weight excluding hydrogens is 152 g/mol. The van der Waals surface area contributed by atoms with Gasteiger partial charge in [0.05, 0.1) is 12.7 Å². The quantitative estimate of drug-likeness (QED) is 0.263. The van der Waals surface area contributed by atoms with Gasteiger partial charge in [0, 0.05) is 0 Å². The molecule has 0 aromatic carbocycles. The zero-order valence-electron chi connectivity index (χ0n) is 7.64. The molecule has 0 spiro atoms. The molecule has 2 heteroatoms. The van der Waals surface area contributed by atoms with Crippen molar-refractivity contribution in [2.75, 3.05) is 6.61 Å². The zero-order chi connectivity index (χ0) is 9.23. The van der Waals surface area contributed by atoms with Crippen LogP contribution < -0.4 is 0 Å². The van der Waals surface area contributed by atoms with Crippen molar-refractivity contribution in [3.05, 3.63) is 18.4 Å². The lowest BCUT2D eigenvalue weighted by atomic mass is 10.2.